The van der Waals surface area contributed by atoms with Gasteiger partial charge >= 0.3 is 0 Å². The Morgan fingerprint density at radius 3 is 0.500 bits per heavy atom. The van der Waals surface area contributed by atoms with Crippen LogP contribution in [0.25, 0.3) is 0 Å². The van der Waals surface area contributed by atoms with Crippen LogP contribution in [0.1, 0.15) is 0 Å². The molecule has 0 aliphatic rings. The third kappa shape index (κ3) is 8.83. The van der Waals surface area contributed by atoms with Gasteiger partial charge in [-0.2, -0.15) is 0 Å². The Balaban J connectivity index is 0. The van der Waals surface area contributed by atoms with E-state index in [-0.39, 0.29) is 83.6 Å². The molecule has 0 aliphatic heterocycles. The molecular formula is AgPd3. The molecule has 41 valence electrons. The second kappa shape index (κ2) is 17.2. The largest absolute Gasteiger partial charge is 0 e. The fourth-order valence-electron chi connectivity index (χ4n) is 0. The van der Waals surface area contributed by atoms with Crippen molar-refractivity contribution in [1.82, 2.24) is 0 Å². The SMILES string of the molecule is [Ag].[Pd].[Pd].[Pd]. The zero-order valence-corrected chi connectivity index (χ0v) is 7.40. The van der Waals surface area contributed by atoms with Crippen molar-refractivity contribution in [3.63, 3.8) is 0 Å². The van der Waals surface area contributed by atoms with E-state index in [1.54, 1.807) is 0 Å². The predicted molar refractivity (Wildman–Crippen MR) is 0 cm³/mol. The first kappa shape index (κ1) is 29.7. The third-order valence-corrected chi connectivity index (χ3v) is 0. The maximum absolute atomic E-state index is 0. The zero-order chi connectivity index (χ0) is 0. The van der Waals surface area contributed by atoms with Gasteiger partial charge in [0.1, 0.15) is 0 Å². The van der Waals surface area contributed by atoms with Gasteiger partial charge in [-0.15, -0.1) is 0 Å². The van der Waals surface area contributed by atoms with Crippen molar-refractivity contribution < 1.29 is 83.6 Å². The van der Waals surface area contributed by atoms with E-state index in [0.717, 1.165) is 0 Å². The van der Waals surface area contributed by atoms with Gasteiger partial charge in [-0.1, -0.05) is 0 Å². The van der Waals surface area contributed by atoms with Gasteiger partial charge in [-0.05, 0) is 0 Å². The molecule has 0 heterocycles. The molecule has 0 atom stereocenters. The summed E-state index contributed by atoms with van der Waals surface area (Å²) in [6.07, 6.45) is 0. The van der Waals surface area contributed by atoms with E-state index >= 15 is 0 Å². The van der Waals surface area contributed by atoms with E-state index in [4.69, 9.17) is 0 Å². The molecule has 4 heteroatoms. The summed E-state index contributed by atoms with van der Waals surface area (Å²) in [5.74, 6) is 0. The second-order valence-electron chi connectivity index (χ2n) is 0. The predicted octanol–water partition coefficient (Wildman–Crippen LogP) is -0.0100. The zero-order valence-electron chi connectivity index (χ0n) is 1.25. The molecule has 0 aromatic rings. The van der Waals surface area contributed by atoms with Gasteiger partial charge in [0.25, 0.3) is 0 Å². The average molecular weight is 427 g/mol. The van der Waals surface area contributed by atoms with E-state index in [2.05, 4.69) is 0 Å². The molecule has 0 aromatic carbocycles. The summed E-state index contributed by atoms with van der Waals surface area (Å²) in [6.45, 7) is 0. The van der Waals surface area contributed by atoms with Gasteiger partial charge in [0, 0.05) is 83.6 Å². The molecule has 0 aliphatic carbocycles. The van der Waals surface area contributed by atoms with Crippen molar-refractivity contribution in [1.29, 1.82) is 0 Å². The van der Waals surface area contributed by atoms with Crippen molar-refractivity contribution in [2.45, 2.75) is 0 Å². The van der Waals surface area contributed by atoms with Crippen molar-refractivity contribution >= 4 is 0 Å². The molecule has 0 rings (SSSR count). The maximum Gasteiger partial charge on any atom is 0 e. The van der Waals surface area contributed by atoms with Crippen molar-refractivity contribution in [3.05, 3.63) is 0 Å². The fourth-order valence-corrected chi connectivity index (χ4v) is 0. The van der Waals surface area contributed by atoms with Crippen LogP contribution in [0.4, 0.5) is 0 Å². The number of rotatable bonds is 0. The van der Waals surface area contributed by atoms with Gasteiger partial charge < -0.3 is 0 Å². The topological polar surface area (TPSA) is 0 Å². The van der Waals surface area contributed by atoms with E-state index in [0.29, 0.717) is 0 Å². The van der Waals surface area contributed by atoms with Crippen LogP contribution in [0.15, 0.2) is 0 Å². The van der Waals surface area contributed by atoms with E-state index < -0.39 is 0 Å². The van der Waals surface area contributed by atoms with Crippen LogP contribution in [0.2, 0.25) is 0 Å². The summed E-state index contributed by atoms with van der Waals surface area (Å²) in [4.78, 5) is 0. The third-order valence-electron chi connectivity index (χ3n) is 0. The molecule has 0 aromatic heterocycles. The van der Waals surface area contributed by atoms with Crippen molar-refractivity contribution in [2.75, 3.05) is 0 Å². The maximum atomic E-state index is 0. The van der Waals surface area contributed by atoms with Crippen molar-refractivity contribution in [3.8, 4) is 0 Å². The Morgan fingerprint density at radius 1 is 0.500 bits per heavy atom. The summed E-state index contributed by atoms with van der Waals surface area (Å²) in [7, 11) is 0. The van der Waals surface area contributed by atoms with Gasteiger partial charge in [0.05, 0.1) is 0 Å². The Kier molecular flexibility index (Phi) is 128. The molecule has 1 radical (unpaired) electrons. The first-order valence-corrected chi connectivity index (χ1v) is 0. The van der Waals surface area contributed by atoms with Crippen LogP contribution in [-0.4, -0.2) is 0 Å². The normalized spacial score (nSPS) is 0. The molecule has 0 bridgehead atoms. The number of hydrogen-bond acceptors (Lipinski definition) is 0. The van der Waals surface area contributed by atoms with Gasteiger partial charge in [0.2, 0.25) is 0 Å². The Bertz CT molecular complexity index is 3.25. The molecular weight excluding hydrogens is 427 g/mol. The van der Waals surface area contributed by atoms with Crippen LogP contribution >= 0.6 is 0 Å². The standard InChI is InChI=1S/Ag.3Pd. The summed E-state index contributed by atoms with van der Waals surface area (Å²) >= 11 is 0. The summed E-state index contributed by atoms with van der Waals surface area (Å²) in [5.41, 5.74) is 0. The molecule has 4 heavy (non-hydrogen) atoms. The van der Waals surface area contributed by atoms with Crippen molar-refractivity contribution in [2.24, 2.45) is 0 Å². The molecule has 0 amide bonds. The molecule has 0 unspecified atom stereocenters. The second-order valence-corrected chi connectivity index (χ2v) is 0. The summed E-state index contributed by atoms with van der Waals surface area (Å²) in [6, 6.07) is 0. The van der Waals surface area contributed by atoms with Gasteiger partial charge in [0.15, 0.2) is 0 Å². The molecule has 0 saturated carbocycles. The Labute approximate surface area is 82.3 Å². The van der Waals surface area contributed by atoms with E-state index in [1.165, 1.54) is 0 Å². The van der Waals surface area contributed by atoms with Crippen LogP contribution < -0.4 is 0 Å². The van der Waals surface area contributed by atoms with E-state index in [1.807, 2.05) is 0 Å². The summed E-state index contributed by atoms with van der Waals surface area (Å²) < 4.78 is 0. The molecule has 0 nitrogen and oxygen atoms in total. The van der Waals surface area contributed by atoms with Crippen LogP contribution in [-0.2, 0) is 83.6 Å². The van der Waals surface area contributed by atoms with Gasteiger partial charge in [-0.3, -0.25) is 0 Å². The first-order chi connectivity index (χ1) is 0. The van der Waals surface area contributed by atoms with Crippen LogP contribution in [0.3, 0.4) is 0 Å². The van der Waals surface area contributed by atoms with Crippen LogP contribution in [0, 0.1) is 0 Å². The average Bonchev–Trinajstić information content (AvgIpc) is 0. The van der Waals surface area contributed by atoms with Gasteiger partial charge in [-0.25, -0.2) is 0 Å². The molecule has 0 saturated heterocycles. The van der Waals surface area contributed by atoms with E-state index in [9.17, 15) is 0 Å². The monoisotopic (exact) mass is 425 g/mol. The minimum atomic E-state index is 0. The molecule has 0 spiro atoms. The number of hydrogen-bond donors (Lipinski definition) is 0. The minimum Gasteiger partial charge on any atom is 0 e. The molecule has 0 N–H and O–H groups in total. The Hall–Kier alpha value is 2.73. The fraction of sp³-hybridized carbons (Fsp3) is 0. The summed E-state index contributed by atoms with van der Waals surface area (Å²) in [5, 5.41) is 0. The molecule has 0 fully saturated rings. The Morgan fingerprint density at radius 2 is 0.500 bits per heavy atom. The smallest absolute Gasteiger partial charge is 0 e. The quantitative estimate of drug-likeness (QED) is 0.478. The van der Waals surface area contributed by atoms with Crippen LogP contribution in [0.5, 0.6) is 0 Å². The minimum absolute atomic E-state index is 0. The first-order valence-electron chi connectivity index (χ1n) is 0.